The van der Waals surface area contributed by atoms with Gasteiger partial charge in [-0.1, -0.05) is 0 Å². The van der Waals surface area contributed by atoms with E-state index in [0.717, 1.165) is 0 Å². The summed E-state index contributed by atoms with van der Waals surface area (Å²) in [7, 11) is 4.02. The molecule has 1 aromatic heterocycles. The number of esters is 1. The zero-order valence-corrected chi connectivity index (χ0v) is 9.30. The third kappa shape index (κ3) is 2.60. The van der Waals surface area contributed by atoms with Gasteiger partial charge in [-0.3, -0.25) is 0 Å². The summed E-state index contributed by atoms with van der Waals surface area (Å²) in [5.74, 6) is -0.415. The van der Waals surface area contributed by atoms with Crippen LogP contribution in [0.1, 0.15) is 22.4 Å². The number of aliphatic hydroxyl groups is 1. The average molecular weight is 230 g/mol. The van der Waals surface area contributed by atoms with Gasteiger partial charge < -0.3 is 23.7 Å². The highest BCUT2D eigenvalue weighted by Crippen LogP contribution is 2.22. The number of methoxy groups -OCH3 is 3. The maximum absolute atomic E-state index is 11.1. The molecule has 1 aromatic rings. The van der Waals surface area contributed by atoms with Crippen LogP contribution in [-0.2, 0) is 14.2 Å². The van der Waals surface area contributed by atoms with Gasteiger partial charge in [0.1, 0.15) is 5.76 Å². The summed E-state index contributed by atoms with van der Waals surface area (Å²) >= 11 is 0. The molecule has 0 aliphatic carbocycles. The number of hydrogen-bond acceptors (Lipinski definition) is 6. The molecule has 0 spiro atoms. The summed E-state index contributed by atoms with van der Waals surface area (Å²) in [5.41, 5.74) is 0. The van der Waals surface area contributed by atoms with Crippen LogP contribution in [0.3, 0.4) is 0 Å². The molecule has 6 heteroatoms. The number of ether oxygens (including phenoxy) is 3. The Hall–Kier alpha value is -1.37. The molecular weight excluding hydrogens is 216 g/mol. The number of carbonyl (C=O) groups excluding carboxylic acids is 1. The van der Waals surface area contributed by atoms with Crippen LogP contribution >= 0.6 is 0 Å². The van der Waals surface area contributed by atoms with Crippen LogP contribution in [0.15, 0.2) is 16.5 Å². The van der Waals surface area contributed by atoms with Crippen molar-refractivity contribution in [3.05, 3.63) is 23.7 Å². The van der Waals surface area contributed by atoms with Crippen molar-refractivity contribution in [2.24, 2.45) is 0 Å². The summed E-state index contributed by atoms with van der Waals surface area (Å²) < 4.78 is 19.3. The van der Waals surface area contributed by atoms with Gasteiger partial charge in [-0.15, -0.1) is 0 Å². The lowest BCUT2D eigenvalue weighted by atomic mass is 10.2. The van der Waals surface area contributed by atoms with Crippen molar-refractivity contribution in [3.8, 4) is 0 Å². The molecule has 0 saturated heterocycles. The molecule has 0 bridgehead atoms. The number of carbonyl (C=O) groups is 1. The second-order valence-electron chi connectivity index (χ2n) is 2.98. The number of aliphatic hydroxyl groups excluding tert-OH is 1. The Labute approximate surface area is 92.7 Å². The molecule has 0 fully saturated rings. The molecule has 1 N–H and O–H groups in total. The Morgan fingerprint density at radius 2 is 1.94 bits per heavy atom. The molecule has 0 aliphatic heterocycles. The molecular formula is C10H14O6. The van der Waals surface area contributed by atoms with Gasteiger partial charge in [0.15, 0.2) is 12.4 Å². The van der Waals surface area contributed by atoms with Gasteiger partial charge in [0, 0.05) is 14.2 Å². The van der Waals surface area contributed by atoms with E-state index in [9.17, 15) is 9.90 Å². The largest absolute Gasteiger partial charge is 0.463 e. The van der Waals surface area contributed by atoms with Crippen molar-refractivity contribution in [3.63, 3.8) is 0 Å². The third-order valence-corrected chi connectivity index (χ3v) is 2.03. The van der Waals surface area contributed by atoms with E-state index >= 15 is 0 Å². The monoisotopic (exact) mass is 230 g/mol. The first kappa shape index (κ1) is 12.7. The van der Waals surface area contributed by atoms with E-state index < -0.39 is 18.4 Å². The van der Waals surface area contributed by atoms with Gasteiger partial charge in [-0.25, -0.2) is 4.79 Å². The molecule has 0 aliphatic rings. The maximum Gasteiger partial charge on any atom is 0.373 e. The highest BCUT2D eigenvalue weighted by Gasteiger charge is 2.24. The Morgan fingerprint density at radius 1 is 1.31 bits per heavy atom. The van der Waals surface area contributed by atoms with Crippen molar-refractivity contribution >= 4 is 5.97 Å². The second kappa shape index (κ2) is 5.64. The fraction of sp³-hybridized carbons (Fsp3) is 0.500. The molecule has 0 radical (unpaired) electrons. The molecule has 16 heavy (non-hydrogen) atoms. The summed E-state index contributed by atoms with van der Waals surface area (Å²) in [6, 6.07) is 2.87. The van der Waals surface area contributed by atoms with Crippen molar-refractivity contribution in [2.45, 2.75) is 12.4 Å². The first-order chi connectivity index (χ1) is 7.63. The minimum Gasteiger partial charge on any atom is -0.463 e. The zero-order chi connectivity index (χ0) is 12.1. The molecule has 0 amide bonds. The summed E-state index contributed by atoms with van der Waals surface area (Å²) in [5, 5.41) is 9.75. The summed E-state index contributed by atoms with van der Waals surface area (Å²) in [4.78, 5) is 11.1. The maximum atomic E-state index is 11.1. The molecule has 1 unspecified atom stereocenters. The highest BCUT2D eigenvalue weighted by atomic mass is 16.7. The van der Waals surface area contributed by atoms with Crippen LogP contribution in [0, 0.1) is 0 Å². The predicted octanol–water partition coefficient (Wildman–Crippen LogP) is 0.718. The molecule has 1 rings (SSSR count). The minimum atomic E-state index is -1.10. The molecule has 0 aromatic carbocycles. The molecule has 0 saturated carbocycles. The summed E-state index contributed by atoms with van der Waals surface area (Å²) in [6.07, 6.45) is -1.95. The van der Waals surface area contributed by atoms with E-state index in [1.54, 1.807) is 0 Å². The van der Waals surface area contributed by atoms with Crippen LogP contribution < -0.4 is 0 Å². The first-order valence-electron chi connectivity index (χ1n) is 4.55. The van der Waals surface area contributed by atoms with Crippen molar-refractivity contribution < 1.29 is 28.5 Å². The van der Waals surface area contributed by atoms with Gasteiger partial charge in [-0.05, 0) is 12.1 Å². The van der Waals surface area contributed by atoms with Gasteiger partial charge in [0.25, 0.3) is 0 Å². The van der Waals surface area contributed by atoms with Crippen molar-refractivity contribution in [2.75, 3.05) is 21.3 Å². The second-order valence-corrected chi connectivity index (χ2v) is 2.98. The Balaban J connectivity index is 2.80. The van der Waals surface area contributed by atoms with Crippen molar-refractivity contribution in [1.82, 2.24) is 0 Å². The van der Waals surface area contributed by atoms with Crippen LogP contribution in [0.2, 0.25) is 0 Å². The number of hydrogen-bond donors (Lipinski definition) is 1. The van der Waals surface area contributed by atoms with E-state index in [1.807, 2.05) is 0 Å². The zero-order valence-electron chi connectivity index (χ0n) is 9.30. The van der Waals surface area contributed by atoms with E-state index in [0.29, 0.717) is 0 Å². The SMILES string of the molecule is COC(=O)c1ccc(C(O)C(OC)OC)o1. The van der Waals surface area contributed by atoms with E-state index in [2.05, 4.69) is 4.74 Å². The van der Waals surface area contributed by atoms with Crippen LogP contribution in [0.25, 0.3) is 0 Å². The fourth-order valence-corrected chi connectivity index (χ4v) is 1.21. The van der Waals surface area contributed by atoms with Gasteiger partial charge >= 0.3 is 5.97 Å². The van der Waals surface area contributed by atoms with E-state index in [4.69, 9.17) is 13.9 Å². The molecule has 6 nitrogen and oxygen atoms in total. The molecule has 1 heterocycles. The lowest BCUT2D eigenvalue weighted by Gasteiger charge is -2.17. The minimum absolute atomic E-state index is 0.0162. The number of rotatable bonds is 5. The Bertz CT molecular complexity index is 341. The number of furan rings is 1. The standard InChI is InChI=1S/C10H14O6/c1-13-9(12)7-5-4-6(16-7)8(11)10(14-2)15-3/h4-5,8,10-11H,1-3H3. The van der Waals surface area contributed by atoms with Crippen LogP contribution in [0.5, 0.6) is 0 Å². The smallest absolute Gasteiger partial charge is 0.373 e. The lowest BCUT2D eigenvalue weighted by molar-refractivity contribution is -0.170. The Morgan fingerprint density at radius 3 is 2.44 bits per heavy atom. The van der Waals surface area contributed by atoms with Gasteiger partial charge in [0.2, 0.25) is 5.76 Å². The van der Waals surface area contributed by atoms with Crippen LogP contribution in [-0.4, -0.2) is 38.7 Å². The van der Waals surface area contributed by atoms with Gasteiger partial charge in [-0.2, -0.15) is 0 Å². The topological polar surface area (TPSA) is 78.1 Å². The molecule has 1 atom stereocenters. The van der Waals surface area contributed by atoms with E-state index in [1.165, 1.54) is 33.5 Å². The Kier molecular flexibility index (Phi) is 4.48. The predicted molar refractivity (Wildman–Crippen MR) is 52.8 cm³/mol. The fourth-order valence-electron chi connectivity index (χ4n) is 1.21. The summed E-state index contributed by atoms with van der Waals surface area (Å²) in [6.45, 7) is 0. The average Bonchev–Trinajstić information content (AvgIpc) is 2.78. The lowest BCUT2D eigenvalue weighted by Crippen LogP contribution is -2.22. The quantitative estimate of drug-likeness (QED) is 0.593. The highest BCUT2D eigenvalue weighted by molar-refractivity contribution is 5.86. The normalized spacial score (nSPS) is 12.8. The first-order valence-corrected chi connectivity index (χ1v) is 4.55. The van der Waals surface area contributed by atoms with E-state index in [-0.39, 0.29) is 11.5 Å². The van der Waals surface area contributed by atoms with Crippen molar-refractivity contribution in [1.29, 1.82) is 0 Å². The third-order valence-electron chi connectivity index (χ3n) is 2.03. The van der Waals surface area contributed by atoms with Crippen LogP contribution in [0.4, 0.5) is 0 Å². The molecule has 90 valence electrons. The van der Waals surface area contributed by atoms with Gasteiger partial charge in [0.05, 0.1) is 7.11 Å².